The Hall–Kier alpha value is -3.61. The van der Waals surface area contributed by atoms with E-state index in [0.717, 1.165) is 10.7 Å². The lowest BCUT2D eigenvalue weighted by molar-refractivity contribution is -0.138. The van der Waals surface area contributed by atoms with E-state index in [1.807, 2.05) is 0 Å². The molecule has 14 heteroatoms. The number of benzene rings is 3. The smallest absolute Gasteiger partial charge is 0.416 e. The van der Waals surface area contributed by atoms with Crippen molar-refractivity contribution in [2.24, 2.45) is 0 Å². The molecule has 3 N–H and O–H groups in total. The number of thiazole rings is 1. The number of rotatable bonds is 4. The fourth-order valence-electron chi connectivity index (χ4n) is 3.63. The van der Waals surface area contributed by atoms with Crippen LogP contribution >= 0.6 is 34.5 Å². The number of aromatic hydroxyl groups is 1. The van der Waals surface area contributed by atoms with Gasteiger partial charge in [0.05, 0.1) is 32.2 Å². The molecule has 2 aromatic heterocycles. The van der Waals surface area contributed by atoms with E-state index < -0.39 is 17.8 Å². The fraction of sp³-hybridized carbons (Fsp3) is 0.0909. The highest BCUT2D eigenvalue weighted by Gasteiger charge is 2.32. The SMILES string of the molecule is O=C(Nc1ccc(NCc2ccccc2C(F)(F)F)c2scnc12)n1nnc2c(Cl)c(O)c(Cl)cc21. The van der Waals surface area contributed by atoms with Crippen molar-refractivity contribution in [3.63, 3.8) is 0 Å². The normalized spacial score (nSPS) is 11.8. The highest BCUT2D eigenvalue weighted by atomic mass is 35.5. The number of fused-ring (bicyclic) bond motifs is 2. The molecule has 36 heavy (non-hydrogen) atoms. The summed E-state index contributed by atoms with van der Waals surface area (Å²) in [5.74, 6) is -0.372. The zero-order chi connectivity index (χ0) is 25.6. The third-order valence-corrected chi connectivity index (χ3v) is 6.83. The predicted octanol–water partition coefficient (Wildman–Crippen LogP) is 6.76. The number of phenols is 1. The van der Waals surface area contributed by atoms with Crippen LogP contribution in [0.3, 0.4) is 0 Å². The Morgan fingerprint density at radius 3 is 2.64 bits per heavy atom. The van der Waals surface area contributed by atoms with E-state index in [1.54, 1.807) is 23.7 Å². The van der Waals surface area contributed by atoms with E-state index >= 15 is 0 Å². The van der Waals surface area contributed by atoms with Crippen molar-refractivity contribution < 1.29 is 23.1 Å². The number of amides is 1. The maximum atomic E-state index is 13.3. The first kappa shape index (κ1) is 24.1. The average Bonchev–Trinajstić information content (AvgIpc) is 3.50. The number of carbonyl (C=O) groups is 1. The number of phenolic OH excluding ortho intramolecular Hbond substituents is 1. The van der Waals surface area contributed by atoms with E-state index in [9.17, 15) is 23.1 Å². The number of hydrogen-bond donors (Lipinski definition) is 3. The molecule has 0 saturated carbocycles. The monoisotopic (exact) mass is 552 g/mol. The van der Waals surface area contributed by atoms with E-state index in [4.69, 9.17) is 23.2 Å². The van der Waals surface area contributed by atoms with Crippen molar-refractivity contribution >= 4 is 73.2 Å². The zero-order valence-electron chi connectivity index (χ0n) is 17.8. The first-order valence-corrected chi connectivity index (χ1v) is 11.8. The Kier molecular flexibility index (Phi) is 6.10. The molecular weight excluding hydrogens is 540 g/mol. The minimum Gasteiger partial charge on any atom is -0.505 e. The van der Waals surface area contributed by atoms with Crippen molar-refractivity contribution in [1.29, 1.82) is 0 Å². The molecule has 1 amide bonds. The van der Waals surface area contributed by atoms with Crippen LogP contribution in [0.25, 0.3) is 21.3 Å². The van der Waals surface area contributed by atoms with Crippen molar-refractivity contribution in [2.45, 2.75) is 12.7 Å². The number of nitrogens with zero attached hydrogens (tertiary/aromatic N) is 4. The van der Waals surface area contributed by atoms with Crippen LogP contribution in [0.5, 0.6) is 5.75 Å². The van der Waals surface area contributed by atoms with Gasteiger partial charge in [-0.1, -0.05) is 46.6 Å². The van der Waals surface area contributed by atoms with Crippen LogP contribution in [0.2, 0.25) is 10.0 Å². The molecule has 3 aromatic carbocycles. The maximum Gasteiger partial charge on any atom is 0.416 e. The summed E-state index contributed by atoms with van der Waals surface area (Å²) >= 11 is 13.3. The van der Waals surface area contributed by atoms with Crippen LogP contribution in [0.4, 0.5) is 29.3 Å². The van der Waals surface area contributed by atoms with Gasteiger partial charge in [0.1, 0.15) is 21.6 Å². The van der Waals surface area contributed by atoms with Crippen LogP contribution in [0, 0.1) is 0 Å². The molecule has 2 heterocycles. The summed E-state index contributed by atoms with van der Waals surface area (Å²) in [4.78, 5) is 17.2. The predicted molar refractivity (Wildman–Crippen MR) is 132 cm³/mol. The van der Waals surface area contributed by atoms with Gasteiger partial charge in [-0.3, -0.25) is 0 Å². The molecule has 5 rings (SSSR count). The van der Waals surface area contributed by atoms with Crippen LogP contribution in [-0.2, 0) is 12.7 Å². The molecule has 0 bridgehead atoms. The van der Waals surface area contributed by atoms with Gasteiger partial charge in [-0.2, -0.15) is 17.9 Å². The number of nitrogens with one attached hydrogen (secondary N) is 2. The van der Waals surface area contributed by atoms with Crippen molar-refractivity contribution in [3.8, 4) is 5.75 Å². The molecule has 8 nitrogen and oxygen atoms in total. The molecule has 0 spiro atoms. The third-order valence-electron chi connectivity index (χ3n) is 5.32. The van der Waals surface area contributed by atoms with Gasteiger partial charge in [-0.25, -0.2) is 9.78 Å². The highest BCUT2D eigenvalue weighted by molar-refractivity contribution is 7.17. The van der Waals surface area contributed by atoms with Crippen LogP contribution in [0.1, 0.15) is 11.1 Å². The standard InChI is InChI=1S/C22H13Cl2F3N6O2S/c23-12-7-15-18(16(24)19(12)34)31-32-33(15)21(35)30-13-5-6-14(20-17(13)29-9-36-20)28-8-10-3-1-2-4-11(10)22(25,26)27/h1-7,9,28,34H,8H2,(H,30,35). The Morgan fingerprint density at radius 2 is 1.86 bits per heavy atom. The molecule has 0 aliphatic heterocycles. The quantitative estimate of drug-likeness (QED) is 0.227. The third kappa shape index (κ3) is 4.27. The summed E-state index contributed by atoms with van der Waals surface area (Å²) in [6.45, 7) is -0.0618. The topological polar surface area (TPSA) is 105 Å². The van der Waals surface area contributed by atoms with Crippen molar-refractivity contribution in [2.75, 3.05) is 10.6 Å². The van der Waals surface area contributed by atoms with Crippen LogP contribution in [0.15, 0.2) is 48.0 Å². The molecule has 0 unspecified atom stereocenters. The summed E-state index contributed by atoms with van der Waals surface area (Å²) in [5.41, 5.74) is 2.54. The number of aromatic nitrogens is 4. The molecular formula is C22H13Cl2F3N6O2S. The Bertz CT molecular complexity index is 1640. The first-order chi connectivity index (χ1) is 17.1. The summed E-state index contributed by atoms with van der Waals surface area (Å²) in [6.07, 6.45) is -4.47. The molecule has 5 aromatic rings. The highest BCUT2D eigenvalue weighted by Crippen LogP contribution is 2.38. The summed E-state index contributed by atoms with van der Waals surface area (Å²) in [5, 5.41) is 23.0. The molecule has 184 valence electrons. The number of halogens is 5. The minimum atomic E-state index is -4.47. The summed E-state index contributed by atoms with van der Waals surface area (Å²) < 4.78 is 41.5. The lowest BCUT2D eigenvalue weighted by Crippen LogP contribution is -2.21. The number of anilines is 2. The number of hydrogen-bond acceptors (Lipinski definition) is 7. The second-order valence-electron chi connectivity index (χ2n) is 7.52. The summed E-state index contributed by atoms with van der Waals surface area (Å²) in [6, 6.07) is 9.16. The largest absolute Gasteiger partial charge is 0.505 e. The Labute approximate surface area is 214 Å². The second-order valence-corrected chi connectivity index (χ2v) is 9.16. The van der Waals surface area contributed by atoms with Crippen molar-refractivity contribution in [1.82, 2.24) is 20.0 Å². The van der Waals surface area contributed by atoms with Gasteiger partial charge in [0, 0.05) is 6.54 Å². The van der Waals surface area contributed by atoms with E-state index in [0.29, 0.717) is 21.6 Å². The van der Waals surface area contributed by atoms with Gasteiger partial charge in [0.15, 0.2) is 5.75 Å². The van der Waals surface area contributed by atoms with E-state index in [-0.39, 0.29) is 38.9 Å². The van der Waals surface area contributed by atoms with E-state index in [1.165, 1.54) is 29.5 Å². The molecule has 0 saturated heterocycles. The van der Waals surface area contributed by atoms with Crippen LogP contribution < -0.4 is 10.6 Å². The van der Waals surface area contributed by atoms with Crippen molar-refractivity contribution in [3.05, 3.63) is 69.1 Å². The van der Waals surface area contributed by atoms with Gasteiger partial charge in [-0.15, -0.1) is 16.4 Å². The van der Waals surface area contributed by atoms with Gasteiger partial charge in [-0.05, 0) is 29.8 Å². The van der Waals surface area contributed by atoms with Crippen LogP contribution in [-0.4, -0.2) is 31.1 Å². The fourth-order valence-corrected chi connectivity index (χ4v) is 4.92. The van der Waals surface area contributed by atoms with Gasteiger partial charge >= 0.3 is 12.2 Å². The average molecular weight is 553 g/mol. The molecule has 0 radical (unpaired) electrons. The minimum absolute atomic E-state index is 0.0618. The van der Waals surface area contributed by atoms with Gasteiger partial charge in [0.25, 0.3) is 0 Å². The zero-order valence-corrected chi connectivity index (χ0v) is 20.1. The molecule has 0 fully saturated rings. The van der Waals surface area contributed by atoms with E-state index in [2.05, 4.69) is 25.9 Å². The second kappa shape index (κ2) is 9.12. The molecule has 0 atom stereocenters. The summed E-state index contributed by atoms with van der Waals surface area (Å²) in [7, 11) is 0. The molecule has 0 aliphatic rings. The van der Waals surface area contributed by atoms with Gasteiger partial charge < -0.3 is 15.7 Å². The first-order valence-electron chi connectivity index (χ1n) is 10.1. The lowest BCUT2D eigenvalue weighted by Gasteiger charge is -2.15. The number of carbonyl (C=O) groups excluding carboxylic acids is 1. The maximum absolute atomic E-state index is 13.3. The lowest BCUT2D eigenvalue weighted by atomic mass is 10.1. The van der Waals surface area contributed by atoms with Gasteiger partial charge in [0.2, 0.25) is 0 Å². The number of alkyl halides is 3. The Balaban J connectivity index is 1.42. The Morgan fingerprint density at radius 1 is 1.11 bits per heavy atom. The molecule has 0 aliphatic carbocycles.